The van der Waals surface area contributed by atoms with Crippen molar-refractivity contribution < 1.29 is 13.9 Å². The van der Waals surface area contributed by atoms with Crippen molar-refractivity contribution in [2.75, 3.05) is 13.7 Å². The molecule has 2 rings (SSSR count). The van der Waals surface area contributed by atoms with Crippen molar-refractivity contribution >= 4 is 0 Å². The molecule has 6 nitrogen and oxygen atoms in total. The number of ether oxygens (including phenoxy) is 2. The molecule has 0 amide bonds. The highest BCUT2D eigenvalue weighted by atomic mass is 16.6. The van der Waals surface area contributed by atoms with E-state index >= 15 is 0 Å². The van der Waals surface area contributed by atoms with Crippen LogP contribution in [0.1, 0.15) is 71.1 Å². The fourth-order valence-corrected chi connectivity index (χ4v) is 2.97. The Morgan fingerprint density at radius 2 is 1.67 bits per heavy atom. The summed E-state index contributed by atoms with van der Waals surface area (Å²) in [6.45, 7) is 2.76. The van der Waals surface area contributed by atoms with E-state index in [4.69, 9.17) is 13.9 Å². The van der Waals surface area contributed by atoms with Crippen LogP contribution in [0.3, 0.4) is 0 Å². The van der Waals surface area contributed by atoms with Crippen molar-refractivity contribution in [3.05, 3.63) is 34.8 Å². The highest BCUT2D eigenvalue weighted by molar-refractivity contribution is 5.38. The molecule has 0 N–H and O–H groups in total. The first kappa shape index (κ1) is 21.1. The average molecular weight is 376 g/mol. The van der Waals surface area contributed by atoms with Gasteiger partial charge in [-0.25, -0.2) is 4.79 Å². The number of methoxy groups -OCH3 is 1. The monoisotopic (exact) mass is 376 g/mol. The van der Waals surface area contributed by atoms with Crippen LogP contribution in [0.15, 0.2) is 33.5 Å². The number of rotatable bonds is 14. The van der Waals surface area contributed by atoms with Crippen molar-refractivity contribution in [1.82, 2.24) is 9.78 Å². The smallest absolute Gasteiger partial charge is 0.444 e. The molecule has 0 aliphatic heterocycles. The number of hydrogen-bond donors (Lipinski definition) is 0. The highest BCUT2D eigenvalue weighted by Gasteiger charge is 2.11. The lowest BCUT2D eigenvalue weighted by Gasteiger charge is -2.03. The molecule has 1 aromatic carbocycles. The molecule has 0 atom stereocenters. The Labute approximate surface area is 161 Å². The van der Waals surface area contributed by atoms with Gasteiger partial charge in [0.15, 0.2) is 0 Å². The Morgan fingerprint density at radius 1 is 1.00 bits per heavy atom. The summed E-state index contributed by atoms with van der Waals surface area (Å²) in [4.78, 5) is 12.0. The minimum atomic E-state index is -0.568. The van der Waals surface area contributed by atoms with E-state index in [0.29, 0.717) is 18.0 Å². The molecule has 6 heteroatoms. The molecule has 2 aromatic rings. The van der Waals surface area contributed by atoms with Gasteiger partial charge in [-0.2, -0.15) is 4.68 Å². The van der Waals surface area contributed by atoms with Gasteiger partial charge in [-0.05, 0) is 18.6 Å². The molecular weight excluding hydrogens is 344 g/mol. The highest BCUT2D eigenvalue weighted by Crippen LogP contribution is 2.16. The van der Waals surface area contributed by atoms with Crippen LogP contribution in [0.2, 0.25) is 0 Å². The predicted octanol–water partition coefficient (Wildman–Crippen LogP) is 5.13. The quantitative estimate of drug-likeness (QED) is 0.427. The SMILES string of the molecule is CCCCCCCCCCCCOc1nn(-c2cccc(OC)c2)c(=O)o1. The molecule has 0 aliphatic rings. The second-order valence-corrected chi connectivity index (χ2v) is 6.78. The van der Waals surface area contributed by atoms with Crippen molar-refractivity contribution in [1.29, 1.82) is 0 Å². The third-order valence-corrected chi connectivity index (χ3v) is 4.55. The number of hydrogen-bond acceptors (Lipinski definition) is 5. The molecular formula is C21H32N2O4. The van der Waals surface area contributed by atoms with Crippen LogP contribution < -0.4 is 15.2 Å². The number of nitrogens with zero attached hydrogens (tertiary/aromatic N) is 2. The zero-order valence-corrected chi connectivity index (χ0v) is 16.6. The van der Waals surface area contributed by atoms with E-state index in [1.165, 1.54) is 56.0 Å². The topological polar surface area (TPSA) is 66.5 Å². The van der Waals surface area contributed by atoms with E-state index in [2.05, 4.69) is 12.0 Å². The Hall–Kier alpha value is -2.24. The van der Waals surface area contributed by atoms with E-state index < -0.39 is 5.76 Å². The maximum atomic E-state index is 12.0. The first-order valence-electron chi connectivity index (χ1n) is 10.1. The van der Waals surface area contributed by atoms with Crippen LogP contribution >= 0.6 is 0 Å². The third kappa shape index (κ3) is 7.49. The minimum Gasteiger partial charge on any atom is -0.497 e. The van der Waals surface area contributed by atoms with Gasteiger partial charge in [0.2, 0.25) is 0 Å². The van der Waals surface area contributed by atoms with E-state index in [1.54, 1.807) is 31.4 Å². The van der Waals surface area contributed by atoms with Crippen molar-refractivity contribution in [3.63, 3.8) is 0 Å². The maximum absolute atomic E-state index is 12.0. The Kier molecular flexibility index (Phi) is 9.52. The lowest BCUT2D eigenvalue weighted by Crippen LogP contribution is -2.13. The van der Waals surface area contributed by atoms with E-state index in [0.717, 1.165) is 12.8 Å². The number of benzene rings is 1. The molecule has 0 radical (unpaired) electrons. The summed E-state index contributed by atoms with van der Waals surface area (Å²) >= 11 is 0. The molecule has 0 fully saturated rings. The molecule has 27 heavy (non-hydrogen) atoms. The van der Waals surface area contributed by atoms with Gasteiger partial charge in [0, 0.05) is 6.07 Å². The lowest BCUT2D eigenvalue weighted by molar-refractivity contribution is 0.219. The largest absolute Gasteiger partial charge is 0.497 e. The summed E-state index contributed by atoms with van der Waals surface area (Å²) < 4.78 is 16.9. The van der Waals surface area contributed by atoms with Crippen LogP contribution in [-0.4, -0.2) is 23.5 Å². The normalized spacial score (nSPS) is 10.9. The van der Waals surface area contributed by atoms with Gasteiger partial charge in [0.05, 0.1) is 19.4 Å². The van der Waals surface area contributed by atoms with Crippen LogP contribution in [0.25, 0.3) is 5.69 Å². The Morgan fingerprint density at radius 3 is 2.33 bits per heavy atom. The second kappa shape index (κ2) is 12.2. The molecule has 0 saturated carbocycles. The van der Waals surface area contributed by atoms with Crippen LogP contribution in [-0.2, 0) is 0 Å². The van der Waals surface area contributed by atoms with Gasteiger partial charge < -0.3 is 13.9 Å². The standard InChI is InChI=1S/C21H32N2O4/c1-3-4-5-6-7-8-9-10-11-12-16-26-20-22-23(21(24)27-20)18-14-13-15-19(17-18)25-2/h13-15,17H,3-12,16H2,1-2H3. The molecule has 1 heterocycles. The number of unbranched alkanes of at least 4 members (excludes halogenated alkanes) is 9. The minimum absolute atomic E-state index is 0.0127. The summed E-state index contributed by atoms with van der Waals surface area (Å²) in [6, 6.07) is 7.07. The van der Waals surface area contributed by atoms with E-state index in [9.17, 15) is 4.79 Å². The summed E-state index contributed by atoms with van der Waals surface area (Å²) in [5.74, 6) is 0.0801. The number of aromatic nitrogens is 2. The summed E-state index contributed by atoms with van der Waals surface area (Å²) in [5, 5.41) is 4.10. The van der Waals surface area contributed by atoms with Crippen molar-refractivity contribution in [2.24, 2.45) is 0 Å². The summed E-state index contributed by atoms with van der Waals surface area (Å²) in [6.07, 6.45) is 12.7. The Bertz CT molecular complexity index is 708. The van der Waals surface area contributed by atoms with Gasteiger partial charge >= 0.3 is 11.8 Å². The first-order valence-corrected chi connectivity index (χ1v) is 10.1. The van der Waals surface area contributed by atoms with E-state index in [1.807, 2.05) is 0 Å². The fourth-order valence-electron chi connectivity index (χ4n) is 2.97. The molecule has 0 bridgehead atoms. The Balaban J connectivity index is 1.64. The summed E-state index contributed by atoms with van der Waals surface area (Å²) in [7, 11) is 1.58. The van der Waals surface area contributed by atoms with Gasteiger partial charge in [-0.1, -0.05) is 75.9 Å². The van der Waals surface area contributed by atoms with Crippen LogP contribution in [0.4, 0.5) is 0 Å². The fraction of sp³-hybridized carbons (Fsp3) is 0.619. The van der Waals surface area contributed by atoms with Gasteiger partial charge in [-0.15, -0.1) is 0 Å². The molecule has 150 valence electrons. The third-order valence-electron chi connectivity index (χ3n) is 4.55. The zero-order valence-electron chi connectivity index (χ0n) is 16.6. The predicted molar refractivity (Wildman–Crippen MR) is 106 cm³/mol. The van der Waals surface area contributed by atoms with Crippen molar-refractivity contribution in [2.45, 2.75) is 71.1 Å². The van der Waals surface area contributed by atoms with Crippen LogP contribution in [0.5, 0.6) is 11.8 Å². The van der Waals surface area contributed by atoms with E-state index in [-0.39, 0.29) is 6.08 Å². The molecule has 0 unspecified atom stereocenters. The van der Waals surface area contributed by atoms with Gasteiger partial charge in [0.25, 0.3) is 0 Å². The molecule has 1 aromatic heterocycles. The average Bonchev–Trinajstić information content (AvgIpc) is 3.06. The molecule has 0 aliphatic carbocycles. The second-order valence-electron chi connectivity index (χ2n) is 6.78. The van der Waals surface area contributed by atoms with Gasteiger partial charge in [0.1, 0.15) is 5.75 Å². The lowest BCUT2D eigenvalue weighted by atomic mass is 10.1. The molecule has 0 saturated heterocycles. The molecule has 0 spiro atoms. The van der Waals surface area contributed by atoms with Gasteiger partial charge in [-0.3, -0.25) is 0 Å². The first-order chi connectivity index (χ1) is 13.2. The van der Waals surface area contributed by atoms with Crippen molar-refractivity contribution in [3.8, 4) is 17.5 Å². The zero-order chi connectivity index (χ0) is 19.3. The maximum Gasteiger partial charge on any atom is 0.444 e. The summed E-state index contributed by atoms with van der Waals surface area (Å²) in [5.41, 5.74) is 0.580. The van der Waals surface area contributed by atoms with Crippen LogP contribution in [0, 0.1) is 0 Å².